The summed E-state index contributed by atoms with van der Waals surface area (Å²) in [5, 5.41) is 0.372. The van der Waals surface area contributed by atoms with Crippen LogP contribution in [0.3, 0.4) is 0 Å². The summed E-state index contributed by atoms with van der Waals surface area (Å²) in [7, 11) is 0. The number of hydrogen-bond donors (Lipinski definition) is 2. The molecule has 0 saturated carbocycles. The Bertz CT molecular complexity index is 218. The van der Waals surface area contributed by atoms with E-state index in [0.717, 1.165) is 0 Å². The van der Waals surface area contributed by atoms with Crippen LogP contribution >= 0.6 is 0 Å². The molecule has 0 radical (unpaired) electrons. The molecule has 0 aromatic carbocycles. The Hall–Kier alpha value is -1.19. The van der Waals surface area contributed by atoms with Gasteiger partial charge in [0.2, 0.25) is 0 Å². The third-order valence-corrected chi connectivity index (χ3v) is 0.900. The van der Waals surface area contributed by atoms with Crippen molar-refractivity contribution in [2.45, 2.75) is 18.8 Å². The second kappa shape index (κ2) is 3.90. The van der Waals surface area contributed by atoms with Crippen LogP contribution in [0.2, 0.25) is 0 Å². The van der Waals surface area contributed by atoms with Crippen molar-refractivity contribution in [1.29, 1.82) is 0 Å². The molecule has 1 atom stereocenters. The molecule has 14 heavy (non-hydrogen) atoms. The highest BCUT2D eigenvalue weighted by molar-refractivity contribution is 5.72. The van der Waals surface area contributed by atoms with E-state index in [2.05, 4.69) is 10.5 Å². The lowest BCUT2D eigenvalue weighted by molar-refractivity contribution is -0.382. The number of nitrogens with two attached hydrogens (primary N) is 1. The quantitative estimate of drug-likeness (QED) is 0.429. The molecule has 0 aliphatic carbocycles. The highest BCUT2D eigenvalue weighted by Gasteiger charge is 2.60. The fourth-order valence-corrected chi connectivity index (χ4v) is 0.448. The van der Waals surface area contributed by atoms with Gasteiger partial charge in [-0.15, -0.1) is 0 Å². The number of hydrogen-bond acceptors (Lipinski definition) is 2. The molecule has 0 aromatic rings. The normalized spacial score (nSPS) is 16.5. The van der Waals surface area contributed by atoms with Crippen molar-refractivity contribution < 1.29 is 35.9 Å². The lowest BCUT2D eigenvalue weighted by Gasteiger charge is -2.26. The monoisotopic (exact) mass is 226 g/mol. The van der Waals surface area contributed by atoms with E-state index in [0.29, 0.717) is 5.32 Å². The first-order chi connectivity index (χ1) is 6.08. The van der Waals surface area contributed by atoms with Crippen LogP contribution in [0, 0.1) is 0 Å². The molecule has 0 aliphatic heterocycles. The summed E-state index contributed by atoms with van der Waals surface area (Å²) in [6.45, 7) is -4.06. The Morgan fingerprint density at radius 1 is 1.29 bits per heavy atom. The number of amides is 2. The van der Waals surface area contributed by atoms with E-state index < -0.39 is 24.8 Å². The zero-order valence-corrected chi connectivity index (χ0v) is 6.24. The van der Waals surface area contributed by atoms with Gasteiger partial charge in [-0.2, -0.15) is 26.3 Å². The van der Waals surface area contributed by atoms with Gasteiger partial charge in [0, 0.05) is 0 Å². The summed E-state index contributed by atoms with van der Waals surface area (Å²) >= 11 is 0. The minimum absolute atomic E-state index is 0.372. The molecule has 0 rings (SSSR count). The maximum Gasteiger partial charge on any atom is 0.470 e. The molecule has 3 N–H and O–H groups in total. The average molecular weight is 226 g/mol. The summed E-state index contributed by atoms with van der Waals surface area (Å²) in [5.41, 5.74) is 4.14. The molecule has 0 spiro atoms. The van der Waals surface area contributed by atoms with Gasteiger partial charge in [-0.3, -0.25) is 10.1 Å². The zero-order valence-electron chi connectivity index (χ0n) is 6.24. The van der Waals surface area contributed by atoms with Crippen LogP contribution in [-0.4, -0.2) is 24.8 Å². The molecule has 0 bridgehead atoms. The Morgan fingerprint density at radius 2 is 1.71 bits per heavy atom. The Kier molecular flexibility index (Phi) is 3.57. The van der Waals surface area contributed by atoms with Crippen molar-refractivity contribution in [1.82, 2.24) is 5.32 Å². The summed E-state index contributed by atoms with van der Waals surface area (Å²) in [6, 6.07) is -1.99. The first-order valence-corrected chi connectivity index (χ1v) is 2.87. The van der Waals surface area contributed by atoms with E-state index in [1.165, 1.54) is 0 Å². The predicted molar refractivity (Wildman–Crippen MR) is 29.7 cm³/mol. The number of nitrogens with one attached hydrogen (secondary N) is 1. The lowest BCUT2D eigenvalue weighted by atomic mass is 10.5. The van der Waals surface area contributed by atoms with E-state index in [1.807, 2.05) is 0 Å². The van der Waals surface area contributed by atoms with Crippen LogP contribution < -0.4 is 11.1 Å². The fraction of sp³-hybridized carbons (Fsp3) is 0.750. The van der Waals surface area contributed by atoms with E-state index in [4.69, 9.17) is 0 Å². The molecule has 0 aliphatic rings. The number of rotatable bonds is 3. The molecule has 84 valence electrons. The van der Waals surface area contributed by atoms with Gasteiger partial charge in [0.25, 0.3) is 0 Å². The Labute approximate surface area is 73.0 Å². The van der Waals surface area contributed by atoms with Crippen molar-refractivity contribution in [2.24, 2.45) is 5.73 Å². The molecule has 0 fully saturated rings. The topological polar surface area (TPSA) is 64.4 Å². The smallest absolute Gasteiger partial charge is 0.352 e. The van der Waals surface area contributed by atoms with Crippen molar-refractivity contribution in [3.63, 3.8) is 0 Å². The van der Waals surface area contributed by atoms with Crippen LogP contribution in [0.1, 0.15) is 0 Å². The molecule has 0 heterocycles. The number of urea groups is 1. The lowest BCUT2D eigenvalue weighted by Crippen LogP contribution is -2.59. The predicted octanol–water partition coefficient (Wildman–Crippen LogP) is 1.08. The first-order valence-electron chi connectivity index (χ1n) is 2.87. The van der Waals surface area contributed by atoms with E-state index in [-0.39, 0.29) is 0 Å². The molecule has 1 unspecified atom stereocenters. The molecule has 0 saturated heterocycles. The zero-order chi connectivity index (χ0) is 11.6. The van der Waals surface area contributed by atoms with Crippen molar-refractivity contribution >= 4 is 6.03 Å². The summed E-state index contributed by atoms with van der Waals surface area (Å²) in [6.07, 6.45) is -5.86. The molecular weight excluding hydrogens is 222 g/mol. The van der Waals surface area contributed by atoms with E-state index in [9.17, 15) is 31.1 Å². The minimum atomic E-state index is -5.86. The first kappa shape index (κ1) is 12.8. The largest absolute Gasteiger partial charge is 0.470 e. The van der Waals surface area contributed by atoms with Crippen LogP contribution in [0.4, 0.5) is 31.1 Å². The minimum Gasteiger partial charge on any atom is -0.352 e. The summed E-state index contributed by atoms with van der Waals surface area (Å²) in [5.74, 6) is -4.99. The standard InChI is InChI=1S/C4H4F6N2O2/c5-1(6)14-4(10,3(7,8)9)12-2(11)13/h1H,(H3,11,12,13). The summed E-state index contributed by atoms with van der Waals surface area (Å²) in [4.78, 5) is 9.89. The molecule has 0 aromatic heterocycles. The third kappa shape index (κ3) is 3.28. The van der Waals surface area contributed by atoms with Gasteiger partial charge in [0.1, 0.15) is 0 Å². The van der Waals surface area contributed by atoms with Gasteiger partial charge in [-0.1, -0.05) is 0 Å². The van der Waals surface area contributed by atoms with Crippen LogP contribution in [-0.2, 0) is 4.74 Å². The number of halogens is 6. The maximum atomic E-state index is 12.6. The fourth-order valence-electron chi connectivity index (χ4n) is 0.448. The van der Waals surface area contributed by atoms with Crippen LogP contribution in [0.15, 0.2) is 0 Å². The van der Waals surface area contributed by atoms with Crippen molar-refractivity contribution in [3.8, 4) is 0 Å². The van der Waals surface area contributed by atoms with E-state index in [1.54, 1.807) is 0 Å². The second-order valence-corrected chi connectivity index (χ2v) is 1.96. The van der Waals surface area contributed by atoms with E-state index >= 15 is 0 Å². The number of carbonyl (C=O) groups is 1. The highest BCUT2D eigenvalue weighted by Crippen LogP contribution is 2.34. The van der Waals surface area contributed by atoms with Gasteiger partial charge < -0.3 is 5.73 Å². The van der Waals surface area contributed by atoms with Gasteiger partial charge in [0.05, 0.1) is 0 Å². The van der Waals surface area contributed by atoms with Gasteiger partial charge >= 0.3 is 24.8 Å². The number of primary amides is 1. The van der Waals surface area contributed by atoms with Gasteiger partial charge in [-0.05, 0) is 0 Å². The number of carbonyl (C=O) groups excluding carboxylic acids is 1. The number of alkyl halides is 6. The third-order valence-electron chi connectivity index (χ3n) is 0.900. The highest BCUT2D eigenvalue weighted by atomic mass is 19.4. The molecular formula is C4H4F6N2O2. The van der Waals surface area contributed by atoms with Crippen LogP contribution in [0.25, 0.3) is 0 Å². The van der Waals surface area contributed by atoms with Crippen LogP contribution in [0.5, 0.6) is 0 Å². The maximum absolute atomic E-state index is 12.6. The van der Waals surface area contributed by atoms with Crippen molar-refractivity contribution in [3.05, 3.63) is 0 Å². The molecule has 4 nitrogen and oxygen atoms in total. The molecule has 10 heteroatoms. The number of ether oxygens (including phenoxy) is 1. The average Bonchev–Trinajstić information content (AvgIpc) is 1.78. The molecule has 2 amide bonds. The Balaban J connectivity index is 4.76. The second-order valence-electron chi connectivity index (χ2n) is 1.96. The SMILES string of the molecule is NC(=O)NC(F)(OC(F)F)C(F)(F)F. The summed E-state index contributed by atoms with van der Waals surface area (Å²) < 4.78 is 73.0. The van der Waals surface area contributed by atoms with Gasteiger partial charge in [0.15, 0.2) is 0 Å². The Morgan fingerprint density at radius 3 is 1.93 bits per heavy atom. The van der Waals surface area contributed by atoms with Gasteiger partial charge in [-0.25, -0.2) is 4.79 Å². The van der Waals surface area contributed by atoms with Crippen molar-refractivity contribution in [2.75, 3.05) is 0 Å².